The van der Waals surface area contributed by atoms with Crippen molar-refractivity contribution in [2.24, 2.45) is 0 Å². The number of hydrogen-bond acceptors (Lipinski definition) is 8. The maximum Gasteiger partial charge on any atom is 0.351 e. The normalized spacial score (nSPS) is 17.6. The summed E-state index contributed by atoms with van der Waals surface area (Å²) in [7, 11) is 1.70. The van der Waals surface area contributed by atoms with Crippen LogP contribution in [0, 0.1) is 0 Å². The highest BCUT2D eigenvalue weighted by Gasteiger charge is 2.27. The first-order valence-electron chi connectivity index (χ1n) is 9.56. The van der Waals surface area contributed by atoms with Crippen molar-refractivity contribution >= 4 is 29.8 Å². The summed E-state index contributed by atoms with van der Waals surface area (Å²) in [6.07, 6.45) is 3.46. The van der Waals surface area contributed by atoms with Crippen molar-refractivity contribution < 1.29 is 24.2 Å². The standard InChI is InChI=1S/C12H15N3O5S.C4H10O.C3H8/c16-5-1-2-9(18)13-8-3-4-15(12(19)14-8)10-7-21-11(6-17)20-10;1-4(2)5-3;1-3-2/h3-5,10-11,17H,1-2,6-7H2,(H,13,14,18,19);4H,1-3H3;3H2,1-2H3. The summed E-state index contributed by atoms with van der Waals surface area (Å²) in [5, 5.41) is 11.4. The number of carbonyl (C=O) groups excluding carboxylic acids is 2. The van der Waals surface area contributed by atoms with Gasteiger partial charge in [-0.05, 0) is 19.9 Å². The summed E-state index contributed by atoms with van der Waals surface area (Å²) in [5.74, 6) is 0.300. The van der Waals surface area contributed by atoms with Crippen LogP contribution in [-0.4, -0.2) is 57.9 Å². The Morgan fingerprint density at radius 2 is 2.14 bits per heavy atom. The van der Waals surface area contributed by atoms with Crippen molar-refractivity contribution in [1.82, 2.24) is 9.55 Å². The van der Waals surface area contributed by atoms with Gasteiger partial charge < -0.3 is 24.7 Å². The second-order valence-corrected chi connectivity index (χ2v) is 7.48. The van der Waals surface area contributed by atoms with Crippen molar-refractivity contribution in [2.45, 2.75) is 64.7 Å². The highest BCUT2D eigenvalue weighted by atomic mass is 32.2. The molecule has 0 aromatic carbocycles. The molecule has 29 heavy (non-hydrogen) atoms. The Morgan fingerprint density at radius 1 is 1.52 bits per heavy atom. The predicted molar refractivity (Wildman–Crippen MR) is 114 cm³/mol. The Morgan fingerprint density at radius 3 is 2.59 bits per heavy atom. The van der Waals surface area contributed by atoms with Gasteiger partial charge in [0, 0.05) is 31.9 Å². The van der Waals surface area contributed by atoms with Crippen molar-refractivity contribution in [3.8, 4) is 0 Å². The number of nitrogens with zero attached hydrogens (tertiary/aromatic N) is 2. The second kappa shape index (κ2) is 16.1. The minimum atomic E-state index is -0.549. The number of aliphatic hydroxyl groups excluding tert-OH is 1. The van der Waals surface area contributed by atoms with Gasteiger partial charge in [0.15, 0.2) is 0 Å². The van der Waals surface area contributed by atoms with E-state index in [-0.39, 0.29) is 36.6 Å². The SMILES string of the molecule is CCC.COC(C)C.O=CCCC(=O)Nc1ccn(C2CSC(CO)O2)c(=O)n1. The third-order valence-electron chi connectivity index (χ3n) is 3.25. The van der Waals surface area contributed by atoms with Gasteiger partial charge in [-0.1, -0.05) is 20.3 Å². The number of aromatic nitrogens is 2. The van der Waals surface area contributed by atoms with E-state index < -0.39 is 11.9 Å². The minimum Gasteiger partial charge on any atom is -0.393 e. The first kappa shape index (κ1) is 27.2. The molecule has 1 fully saturated rings. The number of thioether (sulfide) groups is 1. The lowest BCUT2D eigenvalue weighted by Gasteiger charge is -2.13. The molecule has 0 spiro atoms. The number of nitrogens with one attached hydrogen (secondary N) is 1. The van der Waals surface area contributed by atoms with Gasteiger partial charge in [0.05, 0.1) is 12.7 Å². The van der Waals surface area contributed by atoms with Crippen molar-refractivity contribution in [1.29, 1.82) is 0 Å². The highest BCUT2D eigenvalue weighted by Crippen LogP contribution is 2.30. The van der Waals surface area contributed by atoms with Crippen LogP contribution in [0.4, 0.5) is 5.82 Å². The van der Waals surface area contributed by atoms with Crippen LogP contribution < -0.4 is 11.0 Å². The Hall–Kier alpha value is -1.75. The summed E-state index contributed by atoms with van der Waals surface area (Å²) in [6.45, 7) is 8.13. The third-order valence-corrected chi connectivity index (χ3v) is 4.36. The number of aldehydes is 1. The van der Waals surface area contributed by atoms with Crippen molar-refractivity contribution in [3.05, 3.63) is 22.7 Å². The quantitative estimate of drug-likeness (QED) is 0.631. The molecule has 1 aromatic rings. The Balaban J connectivity index is 0.000000838. The summed E-state index contributed by atoms with van der Waals surface area (Å²) >= 11 is 1.42. The molecule has 0 saturated carbocycles. The molecule has 1 aromatic heterocycles. The Kier molecular flexibility index (Phi) is 15.1. The molecule has 2 unspecified atom stereocenters. The fourth-order valence-corrected chi connectivity index (χ4v) is 2.71. The van der Waals surface area contributed by atoms with Crippen LogP contribution in [0.2, 0.25) is 0 Å². The van der Waals surface area contributed by atoms with Crippen LogP contribution in [0.1, 0.15) is 53.2 Å². The third kappa shape index (κ3) is 11.7. The first-order valence-corrected chi connectivity index (χ1v) is 10.6. The van der Waals surface area contributed by atoms with E-state index in [2.05, 4.69) is 24.1 Å². The lowest BCUT2D eigenvalue weighted by molar-refractivity contribution is -0.118. The summed E-state index contributed by atoms with van der Waals surface area (Å²) < 4.78 is 11.5. The van der Waals surface area contributed by atoms with Crippen LogP contribution in [0.3, 0.4) is 0 Å². The van der Waals surface area contributed by atoms with Gasteiger partial charge in [0.25, 0.3) is 0 Å². The molecule has 0 aliphatic carbocycles. The summed E-state index contributed by atoms with van der Waals surface area (Å²) in [6, 6.07) is 1.49. The molecule has 1 amide bonds. The zero-order chi connectivity index (χ0) is 22.2. The fourth-order valence-electron chi connectivity index (χ4n) is 1.78. The van der Waals surface area contributed by atoms with Gasteiger partial charge in [-0.25, -0.2) is 4.79 Å². The van der Waals surface area contributed by atoms with E-state index in [0.717, 1.165) is 0 Å². The molecule has 2 heterocycles. The maximum absolute atomic E-state index is 11.9. The number of rotatable bonds is 7. The molecule has 9 nitrogen and oxygen atoms in total. The Bertz CT molecular complexity index is 653. The average Bonchev–Trinajstić information content (AvgIpc) is 3.16. The van der Waals surface area contributed by atoms with Crippen LogP contribution >= 0.6 is 11.8 Å². The number of methoxy groups -OCH3 is 1. The molecule has 0 bridgehead atoms. The molecule has 2 atom stereocenters. The van der Waals surface area contributed by atoms with E-state index in [9.17, 15) is 14.4 Å². The first-order chi connectivity index (χ1) is 13.8. The Labute approximate surface area is 176 Å². The molecule has 1 saturated heterocycles. The van der Waals surface area contributed by atoms with E-state index >= 15 is 0 Å². The number of hydrogen-bond donors (Lipinski definition) is 2. The van der Waals surface area contributed by atoms with E-state index in [0.29, 0.717) is 18.1 Å². The van der Waals surface area contributed by atoms with Crippen LogP contribution in [0.15, 0.2) is 17.1 Å². The lowest BCUT2D eigenvalue weighted by atomic mass is 10.3. The topological polar surface area (TPSA) is 120 Å². The van der Waals surface area contributed by atoms with Gasteiger partial charge in [-0.15, -0.1) is 11.8 Å². The lowest BCUT2D eigenvalue weighted by Crippen LogP contribution is -2.29. The van der Waals surface area contributed by atoms with E-state index in [4.69, 9.17) is 14.6 Å². The van der Waals surface area contributed by atoms with Crippen LogP contribution in [-0.2, 0) is 19.1 Å². The van der Waals surface area contributed by atoms with Crippen LogP contribution in [0.25, 0.3) is 0 Å². The molecule has 1 aliphatic heterocycles. The van der Waals surface area contributed by atoms with Gasteiger partial charge in [-0.3, -0.25) is 9.36 Å². The van der Waals surface area contributed by atoms with Crippen molar-refractivity contribution in [3.63, 3.8) is 0 Å². The minimum absolute atomic E-state index is 0.0504. The monoisotopic (exact) mass is 431 g/mol. The smallest absolute Gasteiger partial charge is 0.351 e. The maximum atomic E-state index is 11.9. The van der Waals surface area contributed by atoms with Gasteiger partial charge >= 0.3 is 5.69 Å². The summed E-state index contributed by atoms with van der Waals surface area (Å²) in [5.41, 5.74) is -0.892. The van der Waals surface area contributed by atoms with Gasteiger partial charge in [0.2, 0.25) is 5.91 Å². The molecule has 10 heteroatoms. The number of anilines is 1. The number of carbonyl (C=O) groups is 2. The average molecular weight is 432 g/mol. The molecule has 2 rings (SSSR count). The molecular weight excluding hydrogens is 398 g/mol. The fraction of sp³-hybridized carbons (Fsp3) is 0.684. The predicted octanol–water partition coefficient (Wildman–Crippen LogP) is 2.20. The number of aliphatic hydroxyl groups is 1. The second-order valence-electron chi connectivity index (χ2n) is 6.28. The zero-order valence-electron chi connectivity index (χ0n) is 17.8. The molecule has 2 N–H and O–H groups in total. The molecule has 166 valence electrons. The van der Waals surface area contributed by atoms with Crippen molar-refractivity contribution in [2.75, 3.05) is 24.8 Å². The van der Waals surface area contributed by atoms with Gasteiger partial charge in [-0.2, -0.15) is 4.98 Å². The highest BCUT2D eigenvalue weighted by molar-refractivity contribution is 8.00. The summed E-state index contributed by atoms with van der Waals surface area (Å²) in [4.78, 5) is 37.3. The largest absolute Gasteiger partial charge is 0.393 e. The number of ether oxygens (including phenoxy) is 2. The zero-order valence-corrected chi connectivity index (χ0v) is 18.6. The van der Waals surface area contributed by atoms with E-state index in [1.54, 1.807) is 7.11 Å². The number of amides is 1. The molecule has 1 aliphatic rings. The van der Waals surface area contributed by atoms with Gasteiger partial charge in [0.1, 0.15) is 23.8 Å². The molecule has 0 radical (unpaired) electrons. The van der Waals surface area contributed by atoms with E-state index in [1.165, 1.54) is 35.0 Å². The van der Waals surface area contributed by atoms with E-state index in [1.807, 2.05) is 13.8 Å². The van der Waals surface area contributed by atoms with Crippen LogP contribution in [0.5, 0.6) is 0 Å². The molecular formula is C19H33N3O6S.